The molecule has 37 heteroatoms. The molecule has 7 heterocycles. The third-order valence-electron chi connectivity index (χ3n) is 18.9. The zero-order valence-corrected chi connectivity index (χ0v) is 56.1. The fourth-order valence-electron chi connectivity index (χ4n) is 13.4. The van der Waals surface area contributed by atoms with Crippen LogP contribution in [0.4, 0.5) is 0 Å². The van der Waals surface area contributed by atoms with E-state index < -0.39 is 239 Å². The van der Waals surface area contributed by atoms with Crippen LogP contribution >= 0.6 is 0 Å². The van der Waals surface area contributed by atoms with Crippen molar-refractivity contribution in [3.8, 4) is 5.75 Å². The SMILES string of the molecule is CCC(c1ccccc1)C1NC(=O)CNC(=O)C(CO)NC(=O)C(C(O)C2CN=C(N)N2C2OC(CO)C(O)C(O)C2O)NC(=O)C(C(O)C2CN=C(N)N2)NC(=O)C(Cc2ccc(OC3OC(CO)C(OC4OC5COC(c6cccc(C=C(C)C)c6)OC5C(O)C4O)C(O)C3O)cc2)NC1=O. The van der Waals surface area contributed by atoms with Gasteiger partial charge in [0.2, 0.25) is 41.7 Å². The molecule has 0 aliphatic carbocycles. The van der Waals surface area contributed by atoms with Crippen LogP contribution in [-0.4, -0.2) is 306 Å². The number of aliphatic imine (C=N–C) groups is 2. The van der Waals surface area contributed by atoms with E-state index in [1.54, 1.807) is 43.3 Å². The van der Waals surface area contributed by atoms with Gasteiger partial charge in [0.1, 0.15) is 121 Å². The van der Waals surface area contributed by atoms with E-state index in [-0.39, 0.29) is 36.8 Å². The second kappa shape index (κ2) is 34.2. The molecule has 7 aliphatic heterocycles. The summed E-state index contributed by atoms with van der Waals surface area (Å²) in [4.78, 5) is 97.1. The Morgan fingerprint density at radius 1 is 0.641 bits per heavy atom. The van der Waals surface area contributed by atoms with Crippen molar-refractivity contribution < 1.29 is 123 Å². The number of nitrogens with one attached hydrogen (secondary N) is 7. The molecule has 0 bridgehead atoms. The number of amides is 6. The van der Waals surface area contributed by atoms with E-state index in [1.807, 2.05) is 38.1 Å². The number of guanidine groups is 2. The topological polar surface area (TPSA) is 574 Å². The predicted molar refractivity (Wildman–Crippen MR) is 354 cm³/mol. The number of nitrogens with two attached hydrogens (primary N) is 2. The molecule has 26 atom stereocenters. The van der Waals surface area contributed by atoms with Crippen molar-refractivity contribution in [2.75, 3.05) is 46.1 Å². The van der Waals surface area contributed by atoms with Gasteiger partial charge in [-0.15, -0.1) is 0 Å². The van der Waals surface area contributed by atoms with Crippen LogP contribution in [0.3, 0.4) is 0 Å². The van der Waals surface area contributed by atoms with Crippen molar-refractivity contribution in [2.24, 2.45) is 21.5 Å². The molecule has 0 aromatic heterocycles. The van der Waals surface area contributed by atoms with Crippen LogP contribution in [0, 0.1) is 0 Å². The molecule has 0 radical (unpaired) electrons. The Balaban J connectivity index is 0.905. The molecular formula is C66H90N12O25. The highest BCUT2D eigenvalue weighted by Crippen LogP contribution is 2.38. The lowest BCUT2D eigenvalue weighted by Crippen LogP contribution is -2.70. The molecule has 0 saturated carbocycles. The first-order valence-corrected chi connectivity index (χ1v) is 33.5. The number of carbonyl (C=O) groups is 6. The highest BCUT2D eigenvalue weighted by molar-refractivity contribution is 5.98. The summed E-state index contributed by atoms with van der Waals surface area (Å²) >= 11 is 0. The van der Waals surface area contributed by atoms with Crippen molar-refractivity contribution in [1.29, 1.82) is 0 Å². The lowest BCUT2D eigenvalue weighted by Gasteiger charge is -2.48. The minimum Gasteiger partial charge on any atom is -0.462 e. The van der Waals surface area contributed by atoms with Crippen LogP contribution in [0.5, 0.6) is 5.75 Å². The molecule has 3 aromatic carbocycles. The molecule has 7 aliphatic rings. The van der Waals surface area contributed by atoms with Crippen LogP contribution in [-0.2, 0) is 63.6 Å². The average molecular weight is 1450 g/mol. The van der Waals surface area contributed by atoms with Gasteiger partial charge in [-0.05, 0) is 55.2 Å². The molecule has 5 fully saturated rings. The maximum absolute atomic E-state index is 15.3. The van der Waals surface area contributed by atoms with Crippen LogP contribution < -0.4 is 53.4 Å². The highest BCUT2D eigenvalue weighted by Gasteiger charge is 2.55. The van der Waals surface area contributed by atoms with Gasteiger partial charge < -0.3 is 148 Å². The van der Waals surface area contributed by atoms with Crippen molar-refractivity contribution in [2.45, 2.75) is 192 Å². The maximum Gasteiger partial charge on any atom is 0.246 e. The number of allylic oxidation sites excluding steroid dienone is 1. The summed E-state index contributed by atoms with van der Waals surface area (Å²) in [7, 11) is 0. The largest absolute Gasteiger partial charge is 0.462 e. The summed E-state index contributed by atoms with van der Waals surface area (Å²) in [5.74, 6) is -8.81. The Labute approximate surface area is 589 Å². The summed E-state index contributed by atoms with van der Waals surface area (Å²) in [6.45, 7) is 0.833. The minimum absolute atomic E-state index is 0.0445. The summed E-state index contributed by atoms with van der Waals surface area (Å²) < 4.78 is 41.7. The van der Waals surface area contributed by atoms with Gasteiger partial charge in [-0.2, -0.15) is 0 Å². The van der Waals surface area contributed by atoms with E-state index in [4.69, 9.17) is 44.6 Å². The Morgan fingerprint density at radius 3 is 1.98 bits per heavy atom. The number of aliphatic hydroxyl groups excluding tert-OH is 12. The highest BCUT2D eigenvalue weighted by atomic mass is 16.8. The monoisotopic (exact) mass is 1450 g/mol. The number of ether oxygens (including phenoxy) is 7. The molecule has 26 unspecified atom stereocenters. The van der Waals surface area contributed by atoms with Crippen LogP contribution in [0.1, 0.15) is 61.7 Å². The van der Waals surface area contributed by atoms with Gasteiger partial charge in [-0.1, -0.05) is 79.2 Å². The van der Waals surface area contributed by atoms with E-state index in [0.29, 0.717) is 11.1 Å². The summed E-state index contributed by atoms with van der Waals surface area (Å²) in [5, 5.41) is 151. The summed E-state index contributed by atoms with van der Waals surface area (Å²) in [6.07, 6.45) is -28.6. The molecule has 0 spiro atoms. The van der Waals surface area contributed by atoms with E-state index in [1.165, 1.54) is 24.3 Å². The molecule has 3 aromatic rings. The molecule has 5 saturated heterocycles. The van der Waals surface area contributed by atoms with Gasteiger partial charge in [-0.25, -0.2) is 0 Å². The molecular weight excluding hydrogens is 1360 g/mol. The van der Waals surface area contributed by atoms with Gasteiger partial charge in [0, 0.05) is 17.9 Å². The minimum atomic E-state index is -2.35. The van der Waals surface area contributed by atoms with Crippen molar-refractivity contribution in [3.63, 3.8) is 0 Å². The van der Waals surface area contributed by atoms with Gasteiger partial charge >= 0.3 is 0 Å². The quantitative estimate of drug-likeness (QED) is 0.0530. The Bertz CT molecular complexity index is 3540. The Kier molecular flexibility index (Phi) is 25.7. The Morgan fingerprint density at radius 2 is 1.31 bits per heavy atom. The number of rotatable bonds is 19. The number of aliphatic hydroxyl groups is 12. The molecule has 564 valence electrons. The molecule has 6 amide bonds. The van der Waals surface area contributed by atoms with E-state index >= 15 is 14.4 Å². The number of hydrogen-bond donors (Lipinski definition) is 21. The zero-order valence-electron chi connectivity index (χ0n) is 56.1. The van der Waals surface area contributed by atoms with E-state index in [2.05, 4.69) is 47.2 Å². The number of fused-ring (bicyclic) bond motifs is 1. The fourth-order valence-corrected chi connectivity index (χ4v) is 13.4. The summed E-state index contributed by atoms with van der Waals surface area (Å²) in [6, 6.07) is 8.54. The van der Waals surface area contributed by atoms with Crippen molar-refractivity contribution in [1.82, 2.24) is 42.1 Å². The zero-order chi connectivity index (χ0) is 74.2. The van der Waals surface area contributed by atoms with Gasteiger partial charge in [0.15, 0.2) is 30.7 Å². The molecule has 103 heavy (non-hydrogen) atoms. The lowest BCUT2D eigenvalue weighted by molar-refractivity contribution is -0.383. The first-order valence-electron chi connectivity index (χ1n) is 33.5. The van der Waals surface area contributed by atoms with Gasteiger partial charge in [-0.3, -0.25) is 38.8 Å². The smallest absolute Gasteiger partial charge is 0.246 e. The molecule has 23 N–H and O–H groups in total. The van der Waals surface area contributed by atoms with E-state index in [9.17, 15) is 75.7 Å². The fraction of sp³-hybridized carbons (Fsp3) is 0.576. The molecule has 37 nitrogen and oxygen atoms in total. The first-order chi connectivity index (χ1) is 49.2. The van der Waals surface area contributed by atoms with E-state index in [0.717, 1.165) is 16.0 Å². The normalized spacial score (nSPS) is 35.8. The number of nitrogens with zero attached hydrogens (tertiary/aromatic N) is 3. The third-order valence-corrected chi connectivity index (χ3v) is 18.9. The standard InChI is InChI=1S/C66H90N12O25/c1-4-33(30-10-6-5-7-11-30)42-58(94)72-34(19-28-13-15-32(16-14-28)98-63-52(90)49(87)54(39(25-81)100-63)103-64-53(91)50(88)55-40(101-64)26-97-62(102-55)31-12-8-9-29(18-31)17-27(2)3)57(93)76-43(45(83)35-20-70-65(67)74-35)60(96)77-44(59(95)73-36(23-79)56(92)69-22-41(82)75-42)46(84)37-21-71-66(68)78(37)61-51(89)48(86)47(85)38(24-80)99-61/h5-18,33-40,42-55,61-64,79-81,83-91H,4,19-26H2,1-3H3,(H2,68,71)(H,69,92)(H,72,94)(H,73,95)(H,75,82)(H,76,93)(H,77,96)(H3,67,70,74). The van der Waals surface area contributed by atoms with Crippen LogP contribution in [0.2, 0.25) is 0 Å². The van der Waals surface area contributed by atoms with Crippen LogP contribution in [0.15, 0.2) is 94.4 Å². The first kappa shape index (κ1) is 77.5. The number of benzene rings is 3. The average Bonchev–Trinajstić information content (AvgIpc) is 1.76. The van der Waals surface area contributed by atoms with Crippen molar-refractivity contribution >= 4 is 53.4 Å². The second-order valence-corrected chi connectivity index (χ2v) is 26.3. The number of carbonyl (C=O) groups excluding carboxylic acids is 6. The third kappa shape index (κ3) is 17.6. The second-order valence-electron chi connectivity index (χ2n) is 26.3. The van der Waals surface area contributed by atoms with Gasteiger partial charge in [0.25, 0.3) is 0 Å². The summed E-state index contributed by atoms with van der Waals surface area (Å²) in [5.41, 5.74) is 15.6. The predicted octanol–water partition coefficient (Wildman–Crippen LogP) is -9.04. The number of hydrogen-bond acceptors (Lipinski definition) is 31. The van der Waals surface area contributed by atoms with Gasteiger partial charge in [0.05, 0.1) is 58.1 Å². The maximum atomic E-state index is 15.3. The Hall–Kier alpha value is -8.16. The van der Waals surface area contributed by atoms with Crippen molar-refractivity contribution in [3.05, 3.63) is 107 Å². The molecule has 10 rings (SSSR count). The van der Waals surface area contributed by atoms with Crippen LogP contribution in [0.25, 0.3) is 6.08 Å². The lowest BCUT2D eigenvalue weighted by atomic mass is 9.88.